The second-order valence-corrected chi connectivity index (χ2v) is 5.11. The molecule has 1 fully saturated rings. The van der Waals surface area contributed by atoms with Gasteiger partial charge < -0.3 is 5.32 Å². The van der Waals surface area contributed by atoms with Crippen molar-refractivity contribution in [2.24, 2.45) is 5.92 Å². The predicted octanol–water partition coefficient (Wildman–Crippen LogP) is 4.24. The van der Waals surface area contributed by atoms with Crippen LogP contribution >= 0.6 is 0 Å². The van der Waals surface area contributed by atoms with Crippen LogP contribution in [0.5, 0.6) is 0 Å². The lowest BCUT2D eigenvalue weighted by Crippen LogP contribution is -2.25. The third-order valence-electron chi connectivity index (χ3n) is 3.77. The molecule has 0 atom stereocenters. The third-order valence-corrected chi connectivity index (χ3v) is 3.77. The highest BCUT2D eigenvalue weighted by molar-refractivity contribution is 5.51. The van der Waals surface area contributed by atoms with Gasteiger partial charge in [-0.3, -0.25) is 0 Å². The van der Waals surface area contributed by atoms with Crippen molar-refractivity contribution in [3.63, 3.8) is 0 Å². The maximum atomic E-state index is 3.72. The Labute approximate surface area is 99.3 Å². The first-order chi connectivity index (χ1) is 7.79. The molecule has 0 bridgehead atoms. The number of rotatable bonds is 3. The van der Waals surface area contributed by atoms with Gasteiger partial charge >= 0.3 is 0 Å². The molecule has 88 valence electrons. The Hall–Kier alpha value is -0.980. The van der Waals surface area contributed by atoms with Gasteiger partial charge in [0, 0.05) is 11.7 Å². The molecule has 1 nitrogen and oxygen atoms in total. The molecule has 0 amide bonds. The molecule has 2 rings (SSSR count). The van der Waals surface area contributed by atoms with E-state index in [-0.39, 0.29) is 0 Å². The average molecular weight is 217 g/mol. The second-order valence-electron chi connectivity index (χ2n) is 5.11. The zero-order chi connectivity index (χ0) is 11.4. The largest absolute Gasteiger partial charge is 0.382 e. The van der Waals surface area contributed by atoms with E-state index in [4.69, 9.17) is 0 Å². The van der Waals surface area contributed by atoms with E-state index in [0.29, 0.717) is 6.04 Å². The van der Waals surface area contributed by atoms with E-state index in [9.17, 15) is 0 Å². The van der Waals surface area contributed by atoms with Gasteiger partial charge in [0.15, 0.2) is 0 Å². The molecule has 1 N–H and O–H groups in total. The van der Waals surface area contributed by atoms with Crippen molar-refractivity contribution < 1.29 is 0 Å². The standard InChI is InChI=1S/C15H23N/c1-3-13-6-4-5-7-15(13)16-14-10-8-12(2)9-11-14/h4-7,12,14,16H,3,8-11H2,1-2H3. The fraction of sp³-hybridized carbons (Fsp3) is 0.600. The van der Waals surface area contributed by atoms with Crippen molar-refractivity contribution in [2.75, 3.05) is 5.32 Å². The minimum absolute atomic E-state index is 0.698. The number of hydrogen-bond acceptors (Lipinski definition) is 1. The molecule has 0 spiro atoms. The van der Waals surface area contributed by atoms with E-state index >= 15 is 0 Å². The van der Waals surface area contributed by atoms with Gasteiger partial charge in [0.1, 0.15) is 0 Å². The SMILES string of the molecule is CCc1ccccc1NC1CCC(C)CC1. The van der Waals surface area contributed by atoms with Gasteiger partial charge in [-0.25, -0.2) is 0 Å². The van der Waals surface area contributed by atoms with Gasteiger partial charge in [-0.2, -0.15) is 0 Å². The number of nitrogens with one attached hydrogen (secondary N) is 1. The van der Waals surface area contributed by atoms with Gasteiger partial charge in [-0.05, 0) is 49.7 Å². The average Bonchev–Trinajstić information content (AvgIpc) is 2.33. The van der Waals surface area contributed by atoms with Crippen molar-refractivity contribution >= 4 is 5.69 Å². The Kier molecular flexibility index (Phi) is 3.87. The number of para-hydroxylation sites is 1. The smallest absolute Gasteiger partial charge is 0.0374 e. The lowest BCUT2D eigenvalue weighted by Gasteiger charge is -2.28. The number of benzene rings is 1. The summed E-state index contributed by atoms with van der Waals surface area (Å²) >= 11 is 0. The summed E-state index contributed by atoms with van der Waals surface area (Å²) in [6.07, 6.45) is 6.54. The summed E-state index contributed by atoms with van der Waals surface area (Å²) in [6.45, 7) is 4.60. The van der Waals surface area contributed by atoms with Crippen LogP contribution in [0.3, 0.4) is 0 Å². The maximum absolute atomic E-state index is 3.72. The van der Waals surface area contributed by atoms with Crippen LogP contribution in [0.25, 0.3) is 0 Å². The Bertz CT molecular complexity index is 324. The summed E-state index contributed by atoms with van der Waals surface area (Å²) in [5.41, 5.74) is 2.80. The number of aryl methyl sites for hydroxylation is 1. The quantitative estimate of drug-likeness (QED) is 0.798. The molecule has 1 aliphatic rings. The Morgan fingerprint density at radius 1 is 1.12 bits per heavy atom. The Morgan fingerprint density at radius 2 is 1.81 bits per heavy atom. The van der Waals surface area contributed by atoms with Crippen LogP contribution in [0, 0.1) is 5.92 Å². The second kappa shape index (κ2) is 5.38. The van der Waals surface area contributed by atoms with Crippen molar-refractivity contribution in [3.8, 4) is 0 Å². The van der Waals surface area contributed by atoms with E-state index in [1.807, 2.05) is 0 Å². The monoisotopic (exact) mass is 217 g/mol. The molecule has 1 saturated carbocycles. The predicted molar refractivity (Wildman–Crippen MR) is 70.9 cm³/mol. The van der Waals surface area contributed by atoms with Crippen molar-refractivity contribution in [1.29, 1.82) is 0 Å². The summed E-state index contributed by atoms with van der Waals surface area (Å²) in [4.78, 5) is 0. The van der Waals surface area contributed by atoms with Gasteiger partial charge in [-0.1, -0.05) is 32.0 Å². The van der Waals surface area contributed by atoms with Gasteiger partial charge in [0.05, 0.1) is 0 Å². The molecular weight excluding hydrogens is 194 g/mol. The molecule has 1 aromatic rings. The van der Waals surface area contributed by atoms with E-state index in [1.54, 1.807) is 0 Å². The highest BCUT2D eigenvalue weighted by atomic mass is 14.9. The fourth-order valence-corrected chi connectivity index (χ4v) is 2.59. The fourth-order valence-electron chi connectivity index (χ4n) is 2.59. The van der Waals surface area contributed by atoms with Crippen LogP contribution in [-0.2, 0) is 6.42 Å². The van der Waals surface area contributed by atoms with Crippen LogP contribution in [0.1, 0.15) is 45.1 Å². The van der Waals surface area contributed by atoms with Crippen LogP contribution in [-0.4, -0.2) is 6.04 Å². The molecule has 1 aromatic carbocycles. The highest BCUT2D eigenvalue weighted by Crippen LogP contribution is 2.27. The van der Waals surface area contributed by atoms with E-state index < -0.39 is 0 Å². The van der Waals surface area contributed by atoms with Crippen molar-refractivity contribution in [3.05, 3.63) is 29.8 Å². The number of hydrogen-bond donors (Lipinski definition) is 1. The van der Waals surface area contributed by atoms with Gasteiger partial charge in [0.25, 0.3) is 0 Å². The first kappa shape index (κ1) is 11.5. The van der Waals surface area contributed by atoms with Gasteiger partial charge in [0.2, 0.25) is 0 Å². The minimum atomic E-state index is 0.698. The summed E-state index contributed by atoms with van der Waals surface area (Å²) in [5, 5.41) is 3.72. The molecular formula is C15H23N. The molecule has 1 aliphatic carbocycles. The molecule has 0 radical (unpaired) electrons. The van der Waals surface area contributed by atoms with E-state index in [2.05, 4.69) is 43.4 Å². The molecule has 0 aromatic heterocycles. The first-order valence-corrected chi connectivity index (χ1v) is 6.64. The third kappa shape index (κ3) is 2.78. The summed E-state index contributed by atoms with van der Waals surface area (Å²) in [6, 6.07) is 9.41. The maximum Gasteiger partial charge on any atom is 0.0374 e. The van der Waals surface area contributed by atoms with Gasteiger partial charge in [-0.15, -0.1) is 0 Å². The summed E-state index contributed by atoms with van der Waals surface area (Å²) in [7, 11) is 0. The highest BCUT2D eigenvalue weighted by Gasteiger charge is 2.18. The van der Waals surface area contributed by atoms with Crippen LogP contribution < -0.4 is 5.32 Å². The van der Waals surface area contributed by atoms with Crippen molar-refractivity contribution in [1.82, 2.24) is 0 Å². The summed E-state index contributed by atoms with van der Waals surface area (Å²) in [5.74, 6) is 0.930. The zero-order valence-electron chi connectivity index (χ0n) is 10.5. The van der Waals surface area contributed by atoms with Crippen molar-refractivity contribution in [2.45, 2.75) is 52.0 Å². The molecule has 0 heterocycles. The Morgan fingerprint density at radius 3 is 2.50 bits per heavy atom. The number of anilines is 1. The summed E-state index contributed by atoms with van der Waals surface area (Å²) < 4.78 is 0. The molecule has 0 saturated heterocycles. The first-order valence-electron chi connectivity index (χ1n) is 6.64. The Balaban J connectivity index is 1.98. The van der Waals surface area contributed by atoms with E-state index in [1.165, 1.54) is 36.9 Å². The zero-order valence-corrected chi connectivity index (χ0v) is 10.5. The molecule has 16 heavy (non-hydrogen) atoms. The molecule has 1 heteroatoms. The topological polar surface area (TPSA) is 12.0 Å². The van der Waals surface area contributed by atoms with Crippen LogP contribution in [0.2, 0.25) is 0 Å². The minimum Gasteiger partial charge on any atom is -0.382 e. The molecule has 0 aliphatic heterocycles. The lowest BCUT2D eigenvalue weighted by atomic mass is 9.87. The normalized spacial score (nSPS) is 25.4. The molecule has 0 unspecified atom stereocenters. The lowest BCUT2D eigenvalue weighted by molar-refractivity contribution is 0.361. The van der Waals surface area contributed by atoms with Crippen LogP contribution in [0.4, 0.5) is 5.69 Å². The van der Waals surface area contributed by atoms with E-state index in [0.717, 1.165) is 12.3 Å². The van der Waals surface area contributed by atoms with Crippen LogP contribution in [0.15, 0.2) is 24.3 Å².